The molecule has 0 spiro atoms. The molecule has 0 saturated heterocycles. The van der Waals surface area contributed by atoms with Crippen molar-refractivity contribution in [3.63, 3.8) is 0 Å². The molecule has 0 amide bonds. The lowest BCUT2D eigenvalue weighted by molar-refractivity contribution is 0.0452. The summed E-state index contributed by atoms with van der Waals surface area (Å²) in [5.74, 6) is -0.299. The Hall–Kier alpha value is -1.68. The summed E-state index contributed by atoms with van der Waals surface area (Å²) in [6.07, 6.45) is 1.87. The predicted molar refractivity (Wildman–Crippen MR) is 90.8 cm³/mol. The smallest absolute Gasteiger partial charge is 0.338 e. The molecule has 0 aliphatic heterocycles. The van der Waals surface area contributed by atoms with Crippen LogP contribution in [0.15, 0.2) is 24.3 Å². The minimum Gasteiger partial charge on any atom is -0.462 e. The maximum Gasteiger partial charge on any atom is 0.338 e. The van der Waals surface area contributed by atoms with Gasteiger partial charge in [0, 0.05) is 17.6 Å². The van der Waals surface area contributed by atoms with Crippen molar-refractivity contribution in [1.82, 2.24) is 0 Å². The molecular formula is C19H28O4. The average molecular weight is 320 g/mol. The summed E-state index contributed by atoms with van der Waals surface area (Å²) in [5.41, 5.74) is 0.647. The van der Waals surface area contributed by atoms with Gasteiger partial charge >= 0.3 is 5.97 Å². The number of unbranched alkanes of at least 4 members (excludes halogenated alkanes) is 1. The van der Waals surface area contributed by atoms with Crippen molar-refractivity contribution in [3.05, 3.63) is 35.4 Å². The van der Waals surface area contributed by atoms with Crippen molar-refractivity contribution in [2.45, 2.75) is 53.6 Å². The van der Waals surface area contributed by atoms with E-state index in [9.17, 15) is 9.59 Å². The summed E-state index contributed by atoms with van der Waals surface area (Å²) in [5, 5.41) is 0. The number of rotatable bonds is 8. The summed E-state index contributed by atoms with van der Waals surface area (Å²) in [6, 6.07) is 6.65. The van der Waals surface area contributed by atoms with Gasteiger partial charge in [-0.25, -0.2) is 4.79 Å². The van der Waals surface area contributed by atoms with Crippen molar-refractivity contribution < 1.29 is 19.1 Å². The Balaban J connectivity index is 2.41. The highest BCUT2D eigenvalue weighted by atomic mass is 16.5. The van der Waals surface area contributed by atoms with Crippen molar-refractivity contribution in [2.75, 3.05) is 13.2 Å². The summed E-state index contributed by atoms with van der Waals surface area (Å²) in [6.45, 7) is 10.7. The van der Waals surface area contributed by atoms with Gasteiger partial charge in [0.2, 0.25) is 0 Å². The molecule has 0 heterocycles. The first-order chi connectivity index (χ1) is 10.7. The van der Waals surface area contributed by atoms with Gasteiger partial charge in [-0.3, -0.25) is 4.79 Å². The third kappa shape index (κ3) is 6.95. The number of ether oxygens (including phenoxy) is 2. The number of carbonyl (C=O) groups excluding carboxylic acids is 2. The number of Topliss-reactive ketones (excluding diaryl/α,β-unsaturated/α-hetero) is 1. The first-order valence-corrected chi connectivity index (χ1v) is 8.15. The number of hydrogen-bond donors (Lipinski definition) is 0. The van der Waals surface area contributed by atoms with Crippen LogP contribution in [0.1, 0.15) is 68.2 Å². The van der Waals surface area contributed by atoms with Gasteiger partial charge in [-0.15, -0.1) is 0 Å². The van der Waals surface area contributed by atoms with Gasteiger partial charge in [-0.1, -0.05) is 32.9 Å². The van der Waals surface area contributed by atoms with Gasteiger partial charge in [-0.05, 0) is 38.8 Å². The molecule has 128 valence electrons. The van der Waals surface area contributed by atoms with Gasteiger partial charge in [0.05, 0.1) is 18.3 Å². The second-order valence-corrected chi connectivity index (χ2v) is 6.92. The SMILES string of the molecule is CC(C)OCCCCOC(=O)c1ccc(C(=O)C(C)(C)C)cc1. The first-order valence-electron chi connectivity index (χ1n) is 8.15. The topological polar surface area (TPSA) is 52.6 Å². The Bertz CT molecular complexity index is 509. The standard InChI is InChI=1S/C19H28O4/c1-14(2)22-12-6-7-13-23-18(21)16-10-8-15(9-11-16)17(20)19(3,4)5/h8-11,14H,6-7,12-13H2,1-5H3. The van der Waals surface area contributed by atoms with E-state index in [0.717, 1.165) is 12.8 Å². The quantitative estimate of drug-likeness (QED) is 0.407. The van der Waals surface area contributed by atoms with Gasteiger partial charge in [0.25, 0.3) is 0 Å². The minimum atomic E-state index is -0.430. The maximum atomic E-state index is 12.1. The second kappa shape index (κ2) is 8.82. The number of esters is 1. The Morgan fingerprint density at radius 1 is 0.957 bits per heavy atom. The normalized spacial score (nSPS) is 11.6. The number of hydrogen-bond acceptors (Lipinski definition) is 4. The van der Waals surface area contributed by atoms with E-state index in [1.165, 1.54) is 0 Å². The van der Waals surface area contributed by atoms with Crippen LogP contribution in [0, 0.1) is 5.41 Å². The fraction of sp³-hybridized carbons (Fsp3) is 0.579. The van der Waals surface area contributed by atoms with E-state index in [1.54, 1.807) is 24.3 Å². The molecule has 0 radical (unpaired) electrons. The molecule has 0 bridgehead atoms. The molecule has 0 atom stereocenters. The van der Waals surface area contributed by atoms with Crippen LogP contribution in [-0.2, 0) is 9.47 Å². The Kier molecular flexibility index (Phi) is 7.43. The monoisotopic (exact) mass is 320 g/mol. The molecular weight excluding hydrogens is 292 g/mol. The van der Waals surface area contributed by atoms with Crippen LogP contribution in [0.5, 0.6) is 0 Å². The molecule has 0 unspecified atom stereocenters. The fourth-order valence-electron chi connectivity index (χ4n) is 1.96. The fourth-order valence-corrected chi connectivity index (χ4v) is 1.96. The highest BCUT2D eigenvalue weighted by Gasteiger charge is 2.22. The Labute approximate surface area is 139 Å². The lowest BCUT2D eigenvalue weighted by Crippen LogP contribution is -2.20. The van der Waals surface area contributed by atoms with E-state index in [4.69, 9.17) is 9.47 Å². The maximum absolute atomic E-state index is 12.1. The minimum absolute atomic E-state index is 0.0579. The molecule has 4 nitrogen and oxygen atoms in total. The van der Waals surface area contributed by atoms with E-state index in [0.29, 0.717) is 24.3 Å². The van der Waals surface area contributed by atoms with E-state index >= 15 is 0 Å². The van der Waals surface area contributed by atoms with Crippen LogP contribution in [0.25, 0.3) is 0 Å². The number of carbonyl (C=O) groups is 2. The van der Waals surface area contributed by atoms with Gasteiger partial charge in [0.1, 0.15) is 0 Å². The molecule has 1 rings (SSSR count). The van der Waals surface area contributed by atoms with E-state index < -0.39 is 5.41 Å². The third-order valence-electron chi connectivity index (χ3n) is 3.29. The second-order valence-electron chi connectivity index (χ2n) is 6.92. The summed E-state index contributed by atoms with van der Waals surface area (Å²) < 4.78 is 10.6. The number of ketones is 1. The van der Waals surface area contributed by atoms with Crippen molar-refractivity contribution >= 4 is 11.8 Å². The van der Waals surface area contributed by atoms with Gasteiger partial charge < -0.3 is 9.47 Å². The summed E-state index contributed by atoms with van der Waals surface area (Å²) in [4.78, 5) is 24.1. The van der Waals surface area contributed by atoms with Crippen LogP contribution >= 0.6 is 0 Å². The van der Waals surface area contributed by atoms with Crippen LogP contribution in [0.3, 0.4) is 0 Å². The van der Waals surface area contributed by atoms with Crippen LogP contribution in [0.2, 0.25) is 0 Å². The zero-order chi connectivity index (χ0) is 17.5. The summed E-state index contributed by atoms with van der Waals surface area (Å²) >= 11 is 0. The molecule has 0 aliphatic rings. The van der Waals surface area contributed by atoms with E-state index in [-0.39, 0.29) is 17.9 Å². The molecule has 0 aromatic heterocycles. The van der Waals surface area contributed by atoms with Crippen molar-refractivity contribution in [3.8, 4) is 0 Å². The van der Waals surface area contributed by atoms with Crippen LogP contribution in [0.4, 0.5) is 0 Å². The highest BCUT2D eigenvalue weighted by Crippen LogP contribution is 2.21. The van der Waals surface area contributed by atoms with Gasteiger partial charge in [0.15, 0.2) is 5.78 Å². The molecule has 0 aliphatic carbocycles. The molecule has 23 heavy (non-hydrogen) atoms. The summed E-state index contributed by atoms with van der Waals surface area (Å²) in [7, 11) is 0. The molecule has 0 fully saturated rings. The third-order valence-corrected chi connectivity index (χ3v) is 3.29. The van der Waals surface area contributed by atoms with E-state index in [1.807, 2.05) is 34.6 Å². The average Bonchev–Trinajstić information content (AvgIpc) is 2.48. The first kappa shape index (κ1) is 19.4. The zero-order valence-electron chi connectivity index (χ0n) is 14.8. The van der Waals surface area contributed by atoms with Crippen LogP contribution in [-0.4, -0.2) is 31.1 Å². The largest absolute Gasteiger partial charge is 0.462 e. The predicted octanol–water partition coefficient (Wildman–Crippen LogP) is 4.28. The lowest BCUT2D eigenvalue weighted by Gasteiger charge is -2.16. The van der Waals surface area contributed by atoms with Gasteiger partial charge in [-0.2, -0.15) is 0 Å². The molecule has 0 saturated carbocycles. The Morgan fingerprint density at radius 2 is 1.48 bits per heavy atom. The van der Waals surface area contributed by atoms with E-state index in [2.05, 4.69) is 0 Å². The Morgan fingerprint density at radius 3 is 2.00 bits per heavy atom. The molecule has 0 N–H and O–H groups in total. The molecule has 1 aromatic carbocycles. The zero-order valence-corrected chi connectivity index (χ0v) is 14.8. The molecule has 4 heteroatoms. The van der Waals surface area contributed by atoms with Crippen LogP contribution < -0.4 is 0 Å². The lowest BCUT2D eigenvalue weighted by atomic mass is 9.86. The highest BCUT2D eigenvalue weighted by molar-refractivity contribution is 6.00. The van der Waals surface area contributed by atoms with Crippen molar-refractivity contribution in [1.29, 1.82) is 0 Å². The van der Waals surface area contributed by atoms with Crippen molar-refractivity contribution in [2.24, 2.45) is 5.41 Å². The number of benzene rings is 1. The molecule has 1 aromatic rings.